The highest BCUT2D eigenvalue weighted by molar-refractivity contribution is 8.18. The Kier molecular flexibility index (Phi) is 6.47. The molecule has 0 N–H and O–H groups in total. The number of amides is 2. The number of carbonyl (C=O) groups is 2. The smallest absolute Gasteiger partial charge is 0.293 e. The van der Waals surface area contributed by atoms with Crippen LogP contribution in [0.5, 0.6) is 5.75 Å². The molecule has 2 aromatic carbocycles. The number of rotatable bonds is 6. The molecular weight excluding hydrogens is 394 g/mol. The highest BCUT2D eigenvalue weighted by Crippen LogP contribution is 2.34. The van der Waals surface area contributed by atoms with Gasteiger partial charge >= 0.3 is 0 Å². The van der Waals surface area contributed by atoms with Gasteiger partial charge in [0.1, 0.15) is 5.75 Å². The van der Waals surface area contributed by atoms with Crippen molar-refractivity contribution in [1.82, 2.24) is 4.90 Å². The van der Waals surface area contributed by atoms with Gasteiger partial charge in [-0.05, 0) is 61.4 Å². The number of carbonyl (C=O) groups excluding carboxylic acids is 2. The number of imide groups is 1. The summed E-state index contributed by atoms with van der Waals surface area (Å²) in [6, 6.07) is 13.2. The van der Waals surface area contributed by atoms with Gasteiger partial charge in [-0.25, -0.2) is 0 Å². The number of thioether (sulfide) groups is 1. The lowest BCUT2D eigenvalue weighted by atomic mass is 10.1. The van der Waals surface area contributed by atoms with Gasteiger partial charge in [0, 0.05) is 0 Å². The molecule has 0 aromatic heterocycles. The second kappa shape index (κ2) is 8.84. The molecular formula is C22H22ClNO3S. The Bertz CT molecular complexity index is 924. The van der Waals surface area contributed by atoms with E-state index in [9.17, 15) is 9.59 Å². The molecule has 0 unspecified atom stereocenters. The first kappa shape index (κ1) is 20.5. The topological polar surface area (TPSA) is 46.6 Å². The first-order chi connectivity index (χ1) is 13.4. The Morgan fingerprint density at radius 2 is 1.89 bits per heavy atom. The molecule has 0 spiro atoms. The van der Waals surface area contributed by atoms with Crippen LogP contribution in [-0.2, 0) is 11.3 Å². The molecule has 4 nitrogen and oxygen atoms in total. The van der Waals surface area contributed by atoms with Crippen LogP contribution < -0.4 is 4.74 Å². The van der Waals surface area contributed by atoms with Crippen molar-refractivity contribution in [3.05, 3.63) is 69.1 Å². The number of aryl methyl sites for hydroxylation is 1. The third-order valence-corrected chi connectivity index (χ3v) is 5.69. The van der Waals surface area contributed by atoms with Crippen molar-refractivity contribution < 1.29 is 14.3 Å². The molecule has 1 saturated heterocycles. The average Bonchev–Trinajstić information content (AvgIpc) is 2.93. The van der Waals surface area contributed by atoms with Crippen LogP contribution >= 0.6 is 23.4 Å². The zero-order chi connectivity index (χ0) is 20.3. The third-order valence-electron chi connectivity index (χ3n) is 4.49. The van der Waals surface area contributed by atoms with Crippen LogP contribution in [0, 0.1) is 6.92 Å². The van der Waals surface area contributed by atoms with Gasteiger partial charge in [0.15, 0.2) is 0 Å². The highest BCUT2D eigenvalue weighted by atomic mass is 35.5. The normalized spacial score (nSPS) is 16.7. The standard InChI is InChI=1S/C22H22ClNO3S/c1-4-15(3)27-19-10-9-17(11-18(19)23)12-20-21(25)24(22(26)28-20)13-16-7-5-14(2)6-8-16/h5-12,15H,4,13H2,1-3H3/b20-12-/t15-/m1/s1. The van der Waals surface area contributed by atoms with E-state index in [1.165, 1.54) is 4.90 Å². The Balaban J connectivity index is 1.76. The molecule has 6 heteroatoms. The predicted octanol–water partition coefficient (Wildman–Crippen LogP) is 6.06. The second-order valence-electron chi connectivity index (χ2n) is 6.78. The van der Waals surface area contributed by atoms with Gasteiger partial charge in [-0.15, -0.1) is 0 Å². The maximum absolute atomic E-state index is 12.7. The summed E-state index contributed by atoms with van der Waals surface area (Å²) in [7, 11) is 0. The molecule has 0 radical (unpaired) electrons. The molecule has 2 aromatic rings. The molecule has 0 bridgehead atoms. The minimum atomic E-state index is -0.286. The lowest BCUT2D eigenvalue weighted by molar-refractivity contribution is -0.123. The van der Waals surface area contributed by atoms with Gasteiger partial charge < -0.3 is 4.74 Å². The van der Waals surface area contributed by atoms with Crippen molar-refractivity contribution >= 4 is 40.6 Å². The molecule has 146 valence electrons. The zero-order valence-corrected chi connectivity index (χ0v) is 17.6. The molecule has 1 fully saturated rings. The van der Waals surface area contributed by atoms with Crippen LogP contribution in [0.25, 0.3) is 6.08 Å². The van der Waals surface area contributed by atoms with Gasteiger partial charge in [0.2, 0.25) is 0 Å². The Labute approximate surface area is 174 Å². The van der Waals surface area contributed by atoms with Crippen molar-refractivity contribution in [2.24, 2.45) is 0 Å². The summed E-state index contributed by atoms with van der Waals surface area (Å²) in [6.45, 7) is 6.29. The first-order valence-electron chi connectivity index (χ1n) is 9.14. The van der Waals surface area contributed by atoms with E-state index in [1.807, 2.05) is 51.1 Å². The quantitative estimate of drug-likeness (QED) is 0.538. The van der Waals surface area contributed by atoms with E-state index >= 15 is 0 Å². The molecule has 3 rings (SSSR count). The molecule has 1 aliphatic heterocycles. The van der Waals surface area contributed by atoms with E-state index < -0.39 is 0 Å². The van der Waals surface area contributed by atoms with Crippen molar-refractivity contribution in [3.8, 4) is 5.75 Å². The fourth-order valence-corrected chi connectivity index (χ4v) is 3.74. The lowest BCUT2D eigenvalue weighted by Crippen LogP contribution is -2.27. The average molecular weight is 416 g/mol. The molecule has 0 saturated carbocycles. The van der Waals surface area contributed by atoms with Crippen molar-refractivity contribution in [1.29, 1.82) is 0 Å². The maximum atomic E-state index is 12.7. The number of benzene rings is 2. The zero-order valence-electron chi connectivity index (χ0n) is 16.1. The van der Waals surface area contributed by atoms with E-state index in [0.717, 1.165) is 34.9 Å². The monoisotopic (exact) mass is 415 g/mol. The Morgan fingerprint density at radius 1 is 1.18 bits per heavy atom. The summed E-state index contributed by atoms with van der Waals surface area (Å²) in [4.78, 5) is 26.7. The molecule has 1 atom stereocenters. The Morgan fingerprint density at radius 3 is 2.54 bits per heavy atom. The molecule has 1 aliphatic rings. The summed E-state index contributed by atoms with van der Waals surface area (Å²) in [5.41, 5.74) is 2.81. The highest BCUT2D eigenvalue weighted by Gasteiger charge is 2.34. The van der Waals surface area contributed by atoms with Crippen LogP contribution in [0.4, 0.5) is 4.79 Å². The van der Waals surface area contributed by atoms with Crippen LogP contribution in [0.1, 0.15) is 37.0 Å². The largest absolute Gasteiger partial charge is 0.489 e. The fraction of sp³-hybridized carbons (Fsp3) is 0.273. The van der Waals surface area contributed by atoms with Crippen LogP contribution in [-0.4, -0.2) is 22.2 Å². The van der Waals surface area contributed by atoms with Gasteiger partial charge in [0.05, 0.1) is 22.6 Å². The third kappa shape index (κ3) is 4.78. The predicted molar refractivity (Wildman–Crippen MR) is 115 cm³/mol. The number of ether oxygens (including phenoxy) is 1. The Hall–Kier alpha value is -2.24. The second-order valence-corrected chi connectivity index (χ2v) is 8.18. The fourth-order valence-electron chi connectivity index (χ4n) is 2.67. The summed E-state index contributed by atoms with van der Waals surface area (Å²) in [5.74, 6) is 0.326. The van der Waals surface area contributed by atoms with Gasteiger partial charge in [0.25, 0.3) is 11.1 Å². The van der Waals surface area contributed by atoms with Crippen molar-refractivity contribution in [3.63, 3.8) is 0 Å². The minimum Gasteiger partial charge on any atom is -0.489 e. The SMILES string of the molecule is CC[C@@H](C)Oc1ccc(/C=C2\SC(=O)N(Cc3ccc(C)cc3)C2=O)cc1Cl. The number of nitrogens with zero attached hydrogens (tertiary/aromatic N) is 1. The van der Waals surface area contributed by atoms with E-state index in [2.05, 4.69) is 0 Å². The number of halogens is 1. The molecule has 1 heterocycles. The van der Waals surface area contributed by atoms with Crippen LogP contribution in [0.3, 0.4) is 0 Å². The lowest BCUT2D eigenvalue weighted by Gasteiger charge is -2.14. The van der Waals surface area contributed by atoms with Crippen LogP contribution in [0.2, 0.25) is 5.02 Å². The summed E-state index contributed by atoms with van der Waals surface area (Å²) < 4.78 is 5.76. The first-order valence-corrected chi connectivity index (χ1v) is 10.3. The minimum absolute atomic E-state index is 0.0709. The van der Waals surface area contributed by atoms with Gasteiger partial charge in [-0.3, -0.25) is 14.5 Å². The number of hydrogen-bond donors (Lipinski definition) is 0. The van der Waals surface area contributed by atoms with E-state index in [4.69, 9.17) is 16.3 Å². The maximum Gasteiger partial charge on any atom is 0.293 e. The van der Waals surface area contributed by atoms with E-state index in [1.54, 1.807) is 18.2 Å². The van der Waals surface area contributed by atoms with Crippen molar-refractivity contribution in [2.45, 2.75) is 39.8 Å². The summed E-state index contributed by atoms with van der Waals surface area (Å²) in [6.07, 6.45) is 2.65. The van der Waals surface area contributed by atoms with E-state index in [-0.39, 0.29) is 23.8 Å². The van der Waals surface area contributed by atoms with Gasteiger partial charge in [-0.2, -0.15) is 0 Å². The number of hydrogen-bond acceptors (Lipinski definition) is 4. The molecule has 2 amide bonds. The van der Waals surface area contributed by atoms with Crippen LogP contribution in [0.15, 0.2) is 47.4 Å². The molecule has 28 heavy (non-hydrogen) atoms. The molecule has 0 aliphatic carbocycles. The summed E-state index contributed by atoms with van der Waals surface area (Å²) >= 11 is 7.25. The van der Waals surface area contributed by atoms with Crippen molar-refractivity contribution in [2.75, 3.05) is 0 Å². The van der Waals surface area contributed by atoms with E-state index in [0.29, 0.717) is 15.7 Å². The van der Waals surface area contributed by atoms with Gasteiger partial charge in [-0.1, -0.05) is 54.4 Å². The summed E-state index contributed by atoms with van der Waals surface area (Å²) in [5, 5.41) is 0.215.